The predicted octanol–water partition coefficient (Wildman–Crippen LogP) is 1.97. The fraction of sp³-hybridized carbons (Fsp3) is 0.100. The minimum Gasteiger partial charge on any atom is -0.308 e. The van der Waals surface area contributed by atoms with Gasteiger partial charge < -0.3 is 5.43 Å². The van der Waals surface area contributed by atoms with Gasteiger partial charge in [-0.3, -0.25) is 0 Å². The SMILES string of the molecule is Cc1ccc(F)c2nc(NN)ccc12. The Balaban J connectivity index is 2.80. The van der Waals surface area contributed by atoms with Crippen molar-refractivity contribution < 1.29 is 4.39 Å². The first kappa shape index (κ1) is 8.90. The third kappa shape index (κ3) is 1.29. The predicted molar refractivity (Wildman–Crippen MR) is 54.2 cm³/mol. The molecule has 2 aromatic rings. The van der Waals surface area contributed by atoms with Crippen LogP contribution in [0.4, 0.5) is 10.2 Å². The molecule has 3 nitrogen and oxygen atoms in total. The molecular formula is C10H10FN3. The minimum absolute atomic E-state index is 0.331. The lowest BCUT2D eigenvalue weighted by Gasteiger charge is -2.04. The molecule has 0 atom stereocenters. The normalized spacial score (nSPS) is 10.5. The number of benzene rings is 1. The van der Waals surface area contributed by atoms with Crippen LogP contribution in [-0.2, 0) is 0 Å². The number of nitrogen functional groups attached to an aromatic ring is 1. The first-order chi connectivity index (χ1) is 6.72. The number of anilines is 1. The molecule has 2 rings (SSSR count). The number of aryl methyl sites for hydroxylation is 1. The van der Waals surface area contributed by atoms with Gasteiger partial charge in [0.05, 0.1) is 0 Å². The van der Waals surface area contributed by atoms with E-state index in [0.717, 1.165) is 10.9 Å². The lowest BCUT2D eigenvalue weighted by Crippen LogP contribution is -2.08. The molecule has 0 bridgehead atoms. The molecule has 1 aromatic carbocycles. The van der Waals surface area contributed by atoms with Crippen molar-refractivity contribution in [2.75, 3.05) is 5.43 Å². The second-order valence-electron chi connectivity index (χ2n) is 3.10. The van der Waals surface area contributed by atoms with Crippen LogP contribution >= 0.6 is 0 Å². The largest absolute Gasteiger partial charge is 0.308 e. The molecule has 0 aliphatic carbocycles. The molecule has 1 aromatic heterocycles. The Labute approximate surface area is 80.7 Å². The summed E-state index contributed by atoms with van der Waals surface area (Å²) in [6, 6.07) is 6.66. The monoisotopic (exact) mass is 191 g/mol. The lowest BCUT2D eigenvalue weighted by molar-refractivity contribution is 0.636. The molecule has 0 spiro atoms. The molecule has 0 fully saturated rings. The van der Waals surface area contributed by atoms with Crippen molar-refractivity contribution in [3.8, 4) is 0 Å². The smallest absolute Gasteiger partial charge is 0.149 e. The van der Waals surface area contributed by atoms with E-state index in [-0.39, 0.29) is 5.82 Å². The molecule has 0 radical (unpaired) electrons. The number of halogens is 1. The number of nitrogens with zero attached hydrogens (tertiary/aromatic N) is 1. The van der Waals surface area contributed by atoms with Crippen LogP contribution in [0.1, 0.15) is 5.56 Å². The van der Waals surface area contributed by atoms with E-state index >= 15 is 0 Å². The fourth-order valence-electron chi connectivity index (χ4n) is 1.41. The Morgan fingerprint density at radius 3 is 2.79 bits per heavy atom. The Morgan fingerprint density at radius 1 is 1.29 bits per heavy atom. The lowest BCUT2D eigenvalue weighted by atomic mass is 10.1. The summed E-state index contributed by atoms with van der Waals surface area (Å²) in [6.07, 6.45) is 0. The van der Waals surface area contributed by atoms with Crippen molar-refractivity contribution in [3.63, 3.8) is 0 Å². The van der Waals surface area contributed by atoms with E-state index in [1.54, 1.807) is 18.2 Å². The highest BCUT2D eigenvalue weighted by molar-refractivity contribution is 5.83. The maximum Gasteiger partial charge on any atom is 0.149 e. The van der Waals surface area contributed by atoms with Gasteiger partial charge in [-0.1, -0.05) is 6.07 Å². The number of aromatic nitrogens is 1. The standard InChI is InChI=1S/C10H10FN3/c1-6-2-4-8(11)10-7(6)3-5-9(13-10)14-12/h2-5H,12H2,1H3,(H,13,14). The van der Waals surface area contributed by atoms with Crippen LogP contribution in [0.3, 0.4) is 0 Å². The molecule has 0 saturated carbocycles. The molecule has 3 N–H and O–H groups in total. The van der Waals surface area contributed by atoms with E-state index in [4.69, 9.17) is 5.84 Å². The van der Waals surface area contributed by atoms with Crippen LogP contribution in [-0.4, -0.2) is 4.98 Å². The van der Waals surface area contributed by atoms with Gasteiger partial charge in [-0.15, -0.1) is 0 Å². The van der Waals surface area contributed by atoms with Crippen LogP contribution in [0.15, 0.2) is 24.3 Å². The molecule has 0 unspecified atom stereocenters. The maximum atomic E-state index is 13.4. The van der Waals surface area contributed by atoms with Crippen LogP contribution in [0, 0.1) is 12.7 Å². The Bertz CT molecular complexity index is 482. The highest BCUT2D eigenvalue weighted by atomic mass is 19.1. The second kappa shape index (κ2) is 3.23. The minimum atomic E-state index is -0.331. The third-order valence-electron chi connectivity index (χ3n) is 2.17. The molecule has 0 aliphatic rings. The van der Waals surface area contributed by atoms with Crippen LogP contribution < -0.4 is 11.3 Å². The van der Waals surface area contributed by atoms with Gasteiger partial charge >= 0.3 is 0 Å². The Hall–Kier alpha value is -1.68. The summed E-state index contributed by atoms with van der Waals surface area (Å²) >= 11 is 0. The van der Waals surface area contributed by atoms with Crippen LogP contribution in [0.5, 0.6) is 0 Å². The van der Waals surface area contributed by atoms with Gasteiger partial charge in [0.25, 0.3) is 0 Å². The average Bonchev–Trinajstić information content (AvgIpc) is 2.23. The number of hydrogen-bond acceptors (Lipinski definition) is 3. The number of hydrazine groups is 1. The second-order valence-corrected chi connectivity index (χ2v) is 3.10. The zero-order valence-corrected chi connectivity index (χ0v) is 7.71. The van der Waals surface area contributed by atoms with Crippen molar-refractivity contribution in [1.29, 1.82) is 0 Å². The first-order valence-corrected chi connectivity index (χ1v) is 4.25. The molecule has 0 amide bonds. The molecule has 0 aliphatic heterocycles. The zero-order valence-electron chi connectivity index (χ0n) is 7.71. The number of nitrogens with two attached hydrogens (primary N) is 1. The van der Waals surface area contributed by atoms with Crippen molar-refractivity contribution in [1.82, 2.24) is 4.98 Å². The van der Waals surface area contributed by atoms with Crippen molar-refractivity contribution in [2.24, 2.45) is 5.84 Å². The molecule has 1 heterocycles. The quantitative estimate of drug-likeness (QED) is 0.535. The van der Waals surface area contributed by atoms with E-state index in [9.17, 15) is 4.39 Å². The summed E-state index contributed by atoms with van der Waals surface area (Å²) < 4.78 is 13.4. The van der Waals surface area contributed by atoms with Crippen LogP contribution in [0.25, 0.3) is 10.9 Å². The summed E-state index contributed by atoms with van der Waals surface area (Å²) in [5, 5.41) is 0.809. The van der Waals surface area contributed by atoms with E-state index in [0.29, 0.717) is 11.3 Å². The maximum absolute atomic E-state index is 13.4. The number of hydrogen-bond donors (Lipinski definition) is 2. The summed E-state index contributed by atoms with van der Waals surface area (Å²) in [5.41, 5.74) is 3.73. The summed E-state index contributed by atoms with van der Waals surface area (Å²) in [6.45, 7) is 1.92. The summed E-state index contributed by atoms with van der Waals surface area (Å²) in [5.74, 6) is 5.32. The van der Waals surface area contributed by atoms with Crippen molar-refractivity contribution in [2.45, 2.75) is 6.92 Å². The van der Waals surface area contributed by atoms with Gasteiger partial charge in [-0.25, -0.2) is 15.2 Å². The molecule has 72 valence electrons. The van der Waals surface area contributed by atoms with Gasteiger partial charge in [0, 0.05) is 5.39 Å². The number of nitrogens with one attached hydrogen (secondary N) is 1. The third-order valence-corrected chi connectivity index (χ3v) is 2.17. The number of fused-ring (bicyclic) bond motifs is 1. The molecule has 0 saturated heterocycles. The van der Waals surface area contributed by atoms with Gasteiger partial charge in [0.15, 0.2) is 0 Å². The number of pyridine rings is 1. The van der Waals surface area contributed by atoms with E-state index in [2.05, 4.69) is 10.4 Å². The molecule has 4 heteroatoms. The fourth-order valence-corrected chi connectivity index (χ4v) is 1.41. The summed E-state index contributed by atoms with van der Waals surface area (Å²) in [4.78, 5) is 4.04. The van der Waals surface area contributed by atoms with E-state index in [1.165, 1.54) is 6.07 Å². The van der Waals surface area contributed by atoms with Crippen molar-refractivity contribution >= 4 is 16.7 Å². The zero-order chi connectivity index (χ0) is 10.1. The number of rotatable bonds is 1. The summed E-state index contributed by atoms with van der Waals surface area (Å²) in [7, 11) is 0. The van der Waals surface area contributed by atoms with Gasteiger partial charge in [-0.2, -0.15) is 0 Å². The van der Waals surface area contributed by atoms with Gasteiger partial charge in [0.2, 0.25) is 0 Å². The first-order valence-electron chi connectivity index (χ1n) is 4.25. The highest BCUT2D eigenvalue weighted by Crippen LogP contribution is 2.21. The average molecular weight is 191 g/mol. The van der Waals surface area contributed by atoms with Gasteiger partial charge in [0.1, 0.15) is 17.2 Å². The van der Waals surface area contributed by atoms with Gasteiger partial charge in [-0.05, 0) is 30.7 Å². The highest BCUT2D eigenvalue weighted by Gasteiger charge is 2.04. The molecular weight excluding hydrogens is 181 g/mol. The Kier molecular flexibility index (Phi) is 2.05. The van der Waals surface area contributed by atoms with E-state index in [1.807, 2.05) is 6.92 Å². The topological polar surface area (TPSA) is 50.9 Å². The Morgan fingerprint density at radius 2 is 2.07 bits per heavy atom. The molecule has 14 heavy (non-hydrogen) atoms. The van der Waals surface area contributed by atoms with E-state index < -0.39 is 0 Å². The van der Waals surface area contributed by atoms with Crippen molar-refractivity contribution in [3.05, 3.63) is 35.6 Å². The van der Waals surface area contributed by atoms with Crippen LogP contribution in [0.2, 0.25) is 0 Å².